The topological polar surface area (TPSA) is 64.6 Å². The molecule has 1 aliphatic heterocycles. The van der Waals surface area contributed by atoms with Crippen molar-refractivity contribution in [3.05, 3.63) is 47.5 Å². The average molecular weight is 285 g/mol. The van der Waals surface area contributed by atoms with E-state index in [-0.39, 0.29) is 5.91 Å². The van der Waals surface area contributed by atoms with Gasteiger partial charge in [0.25, 0.3) is 5.91 Å². The second-order valence-electron chi connectivity index (χ2n) is 4.76. The fraction of sp³-hybridized carbons (Fsp3) is 0.267. The summed E-state index contributed by atoms with van der Waals surface area (Å²) in [6, 6.07) is 5.15. The molecule has 1 aromatic heterocycles. The molecule has 0 saturated carbocycles. The molecule has 0 aliphatic carbocycles. The number of carbonyl (C=O) groups excluding carboxylic acids is 1. The predicted octanol–water partition coefficient (Wildman–Crippen LogP) is 1.65. The van der Waals surface area contributed by atoms with Crippen LogP contribution >= 0.6 is 0 Å². The fourth-order valence-corrected chi connectivity index (χ4v) is 2.36. The van der Waals surface area contributed by atoms with Crippen molar-refractivity contribution < 1.29 is 14.3 Å². The molecule has 0 N–H and O–H groups in total. The van der Waals surface area contributed by atoms with Gasteiger partial charge in [0.15, 0.2) is 0 Å². The first kappa shape index (κ1) is 13.4. The Hall–Kier alpha value is -2.63. The minimum absolute atomic E-state index is 0.0785. The first-order valence-corrected chi connectivity index (χ1v) is 6.51. The summed E-state index contributed by atoms with van der Waals surface area (Å²) in [6.45, 7) is 1.02. The third-order valence-electron chi connectivity index (χ3n) is 3.47. The summed E-state index contributed by atoms with van der Waals surface area (Å²) >= 11 is 0. The lowest BCUT2D eigenvalue weighted by atomic mass is 10.1. The highest BCUT2D eigenvalue weighted by atomic mass is 16.5. The number of rotatable bonds is 3. The summed E-state index contributed by atoms with van der Waals surface area (Å²) < 4.78 is 10.4. The van der Waals surface area contributed by atoms with Gasteiger partial charge in [-0.1, -0.05) is 0 Å². The van der Waals surface area contributed by atoms with E-state index in [0.717, 1.165) is 11.3 Å². The van der Waals surface area contributed by atoms with Gasteiger partial charge in [0.1, 0.15) is 17.8 Å². The van der Waals surface area contributed by atoms with Crippen molar-refractivity contribution >= 4 is 5.91 Å². The van der Waals surface area contributed by atoms with Gasteiger partial charge < -0.3 is 14.4 Å². The zero-order valence-corrected chi connectivity index (χ0v) is 11.9. The van der Waals surface area contributed by atoms with E-state index in [1.807, 2.05) is 0 Å². The lowest BCUT2D eigenvalue weighted by molar-refractivity contribution is 0.0749. The number of aromatic nitrogens is 2. The van der Waals surface area contributed by atoms with Crippen molar-refractivity contribution in [1.82, 2.24) is 14.9 Å². The number of nitrogens with zero attached hydrogens (tertiary/aromatic N) is 3. The molecular weight excluding hydrogens is 270 g/mol. The van der Waals surface area contributed by atoms with Crippen molar-refractivity contribution in [2.45, 2.75) is 13.1 Å². The van der Waals surface area contributed by atoms with E-state index in [1.165, 1.54) is 6.33 Å². The van der Waals surface area contributed by atoms with Gasteiger partial charge in [-0.15, -0.1) is 0 Å². The van der Waals surface area contributed by atoms with Crippen LogP contribution in [-0.2, 0) is 13.1 Å². The lowest BCUT2D eigenvalue weighted by Gasteiger charge is -2.16. The van der Waals surface area contributed by atoms with Crippen molar-refractivity contribution in [2.75, 3.05) is 14.2 Å². The maximum Gasteiger partial charge on any atom is 0.254 e. The summed E-state index contributed by atoms with van der Waals surface area (Å²) in [5, 5.41) is 0. The van der Waals surface area contributed by atoms with Crippen molar-refractivity contribution in [1.29, 1.82) is 0 Å². The second-order valence-corrected chi connectivity index (χ2v) is 4.76. The van der Waals surface area contributed by atoms with Gasteiger partial charge in [0, 0.05) is 29.9 Å². The van der Waals surface area contributed by atoms with Gasteiger partial charge in [0.2, 0.25) is 0 Å². The number of methoxy groups -OCH3 is 2. The van der Waals surface area contributed by atoms with Crippen LogP contribution in [0.25, 0.3) is 0 Å². The summed E-state index contributed by atoms with van der Waals surface area (Å²) in [4.78, 5) is 22.5. The lowest BCUT2D eigenvalue weighted by Crippen LogP contribution is -2.25. The molecule has 21 heavy (non-hydrogen) atoms. The van der Waals surface area contributed by atoms with Crippen LogP contribution in [0.4, 0.5) is 0 Å². The molecule has 0 unspecified atom stereocenters. The standard InChI is InChI=1S/C15H15N3O3/c1-20-12-3-10(4-13(5-12)21-2)15(19)18-7-11-6-16-9-17-14(11)8-18/h3-6,9H,7-8H2,1-2H3. The Labute approximate surface area is 122 Å². The second kappa shape index (κ2) is 5.40. The van der Waals surface area contributed by atoms with Crippen LogP contribution in [0, 0.1) is 0 Å². The monoisotopic (exact) mass is 285 g/mol. The van der Waals surface area contributed by atoms with Gasteiger partial charge in [-0.2, -0.15) is 0 Å². The molecule has 3 rings (SSSR count). The molecule has 2 aromatic rings. The van der Waals surface area contributed by atoms with Gasteiger partial charge in [0.05, 0.1) is 26.5 Å². The normalized spacial score (nSPS) is 13.0. The maximum atomic E-state index is 12.6. The van der Waals surface area contributed by atoms with E-state index in [2.05, 4.69) is 9.97 Å². The zero-order chi connectivity index (χ0) is 14.8. The van der Waals surface area contributed by atoms with E-state index in [1.54, 1.807) is 43.5 Å². The molecule has 0 fully saturated rings. The van der Waals surface area contributed by atoms with Crippen LogP contribution in [0.3, 0.4) is 0 Å². The molecule has 0 saturated heterocycles. The molecule has 6 heteroatoms. The van der Waals surface area contributed by atoms with Crippen LogP contribution < -0.4 is 9.47 Å². The number of hydrogen-bond acceptors (Lipinski definition) is 5. The first-order chi connectivity index (χ1) is 10.2. The number of fused-ring (bicyclic) bond motifs is 1. The van der Waals surface area contributed by atoms with E-state index < -0.39 is 0 Å². The highest BCUT2D eigenvalue weighted by Gasteiger charge is 2.26. The van der Waals surface area contributed by atoms with Crippen LogP contribution in [0.2, 0.25) is 0 Å². The van der Waals surface area contributed by atoms with Crippen molar-refractivity contribution in [3.63, 3.8) is 0 Å². The Kier molecular flexibility index (Phi) is 3.43. The molecule has 1 aromatic carbocycles. The third kappa shape index (κ3) is 2.52. The molecule has 0 atom stereocenters. The van der Waals surface area contributed by atoms with Crippen molar-refractivity contribution in [3.8, 4) is 11.5 Å². The smallest absolute Gasteiger partial charge is 0.254 e. The minimum Gasteiger partial charge on any atom is -0.497 e. The predicted molar refractivity (Wildman–Crippen MR) is 75.2 cm³/mol. The minimum atomic E-state index is -0.0785. The van der Waals surface area contributed by atoms with Gasteiger partial charge >= 0.3 is 0 Å². The van der Waals surface area contributed by atoms with E-state index in [0.29, 0.717) is 30.2 Å². The molecule has 1 aliphatic rings. The fourth-order valence-electron chi connectivity index (χ4n) is 2.36. The maximum absolute atomic E-state index is 12.6. The van der Waals surface area contributed by atoms with Crippen LogP contribution in [0.15, 0.2) is 30.7 Å². The van der Waals surface area contributed by atoms with Gasteiger partial charge in [-0.25, -0.2) is 9.97 Å². The number of carbonyl (C=O) groups is 1. The molecule has 0 spiro atoms. The van der Waals surface area contributed by atoms with Crippen LogP contribution in [0.1, 0.15) is 21.6 Å². The average Bonchev–Trinajstić information content (AvgIpc) is 2.97. The number of hydrogen-bond donors (Lipinski definition) is 0. The molecular formula is C15H15N3O3. The van der Waals surface area contributed by atoms with E-state index in [9.17, 15) is 4.79 Å². The third-order valence-corrected chi connectivity index (χ3v) is 3.47. The largest absolute Gasteiger partial charge is 0.497 e. The van der Waals surface area contributed by atoms with Crippen LogP contribution in [0.5, 0.6) is 11.5 Å². The quantitative estimate of drug-likeness (QED) is 0.858. The Morgan fingerprint density at radius 3 is 2.48 bits per heavy atom. The summed E-state index contributed by atoms with van der Waals surface area (Å²) in [7, 11) is 3.12. The first-order valence-electron chi connectivity index (χ1n) is 6.51. The molecule has 108 valence electrons. The van der Waals surface area contributed by atoms with Crippen molar-refractivity contribution in [2.24, 2.45) is 0 Å². The highest BCUT2D eigenvalue weighted by molar-refractivity contribution is 5.95. The Morgan fingerprint density at radius 1 is 1.14 bits per heavy atom. The summed E-state index contributed by atoms with van der Waals surface area (Å²) in [5.74, 6) is 1.11. The van der Waals surface area contributed by atoms with E-state index >= 15 is 0 Å². The van der Waals surface area contributed by atoms with E-state index in [4.69, 9.17) is 9.47 Å². The van der Waals surface area contributed by atoms with Gasteiger partial charge in [-0.05, 0) is 12.1 Å². The summed E-state index contributed by atoms with van der Waals surface area (Å²) in [5.41, 5.74) is 2.42. The van der Waals surface area contributed by atoms with Crippen LogP contribution in [-0.4, -0.2) is 35.0 Å². The highest BCUT2D eigenvalue weighted by Crippen LogP contribution is 2.26. The Morgan fingerprint density at radius 2 is 1.86 bits per heavy atom. The summed E-state index contributed by atoms with van der Waals surface area (Å²) in [6.07, 6.45) is 3.25. The molecule has 0 radical (unpaired) electrons. The van der Waals surface area contributed by atoms with Gasteiger partial charge in [-0.3, -0.25) is 4.79 Å². The SMILES string of the molecule is COc1cc(OC)cc(C(=O)N2Cc3cncnc3C2)c1. The Bertz CT molecular complexity index is 640. The molecule has 2 heterocycles. The number of amides is 1. The number of benzene rings is 1. The Balaban J connectivity index is 1.87. The molecule has 1 amide bonds. The number of ether oxygens (including phenoxy) is 2. The zero-order valence-electron chi connectivity index (χ0n) is 11.9. The molecule has 6 nitrogen and oxygen atoms in total. The molecule has 0 bridgehead atoms.